The molecule has 214 valence electrons. The molecule has 2 aromatic carbocycles. The lowest BCUT2D eigenvalue weighted by Crippen LogP contribution is -2.46. The molecule has 0 spiro atoms. The van der Waals surface area contributed by atoms with Crippen LogP contribution in [0.1, 0.15) is 66.3 Å². The SMILES string of the molecule is CCOC(=O)N1c2ccc(C(F)(F)F)cc2C(C(C(=O)O)c2cc(C(F)(F)F)cc(C(F)(F)F)c2)CC1CC. The Morgan fingerprint density at radius 3 is 1.87 bits per heavy atom. The Morgan fingerprint density at radius 1 is 0.897 bits per heavy atom. The normalized spacial score (nSPS) is 18.9. The van der Waals surface area contributed by atoms with E-state index in [-0.39, 0.29) is 48.9 Å². The second-order valence-electron chi connectivity index (χ2n) is 8.90. The summed E-state index contributed by atoms with van der Waals surface area (Å²) in [6.45, 7) is 2.95. The zero-order valence-corrected chi connectivity index (χ0v) is 20.3. The molecule has 0 fully saturated rings. The Balaban J connectivity index is 2.33. The van der Waals surface area contributed by atoms with Gasteiger partial charge in [-0.1, -0.05) is 6.92 Å². The molecule has 3 atom stereocenters. The van der Waals surface area contributed by atoms with E-state index in [1.54, 1.807) is 6.92 Å². The summed E-state index contributed by atoms with van der Waals surface area (Å²) in [7, 11) is 0. The molecule has 3 unspecified atom stereocenters. The van der Waals surface area contributed by atoms with Gasteiger partial charge < -0.3 is 9.84 Å². The van der Waals surface area contributed by atoms with E-state index in [2.05, 4.69) is 0 Å². The van der Waals surface area contributed by atoms with Crippen LogP contribution >= 0.6 is 0 Å². The smallest absolute Gasteiger partial charge is 0.416 e. The number of hydrogen-bond acceptors (Lipinski definition) is 3. The van der Waals surface area contributed by atoms with Crippen molar-refractivity contribution >= 4 is 17.7 Å². The maximum Gasteiger partial charge on any atom is 0.416 e. The molecule has 0 bridgehead atoms. The monoisotopic (exact) mass is 571 g/mol. The number of aliphatic carboxylic acids is 1. The Hall–Kier alpha value is -3.45. The van der Waals surface area contributed by atoms with Gasteiger partial charge in [-0.05, 0) is 67.3 Å². The number of nitrogens with zero attached hydrogens (tertiary/aromatic N) is 1. The first kappa shape index (κ1) is 30.1. The fraction of sp³-hybridized carbons (Fsp3) is 0.440. The molecule has 1 aliphatic heterocycles. The zero-order valence-electron chi connectivity index (χ0n) is 20.3. The van der Waals surface area contributed by atoms with Crippen LogP contribution in [0.4, 0.5) is 50.0 Å². The minimum Gasteiger partial charge on any atom is -0.481 e. The van der Waals surface area contributed by atoms with Gasteiger partial charge in [0, 0.05) is 12.0 Å². The highest BCUT2D eigenvalue weighted by atomic mass is 19.4. The summed E-state index contributed by atoms with van der Waals surface area (Å²) in [5.74, 6) is -5.50. The molecule has 1 amide bonds. The molecule has 1 heterocycles. The molecule has 5 nitrogen and oxygen atoms in total. The molecule has 39 heavy (non-hydrogen) atoms. The number of halogens is 9. The number of carbonyl (C=O) groups is 2. The van der Waals surface area contributed by atoms with Crippen molar-refractivity contribution in [3.8, 4) is 0 Å². The van der Waals surface area contributed by atoms with Gasteiger partial charge in [0.15, 0.2) is 0 Å². The van der Waals surface area contributed by atoms with Gasteiger partial charge >= 0.3 is 30.6 Å². The average Bonchev–Trinajstić information content (AvgIpc) is 2.81. The number of fused-ring (bicyclic) bond motifs is 1. The fourth-order valence-electron chi connectivity index (χ4n) is 4.78. The molecule has 0 aromatic heterocycles. The maximum atomic E-state index is 13.6. The van der Waals surface area contributed by atoms with E-state index in [9.17, 15) is 54.2 Å². The third kappa shape index (κ3) is 6.25. The number of carbonyl (C=O) groups excluding carboxylic acids is 1. The van der Waals surface area contributed by atoms with Gasteiger partial charge in [-0.3, -0.25) is 9.69 Å². The van der Waals surface area contributed by atoms with E-state index >= 15 is 0 Å². The van der Waals surface area contributed by atoms with Crippen molar-refractivity contribution in [2.75, 3.05) is 11.5 Å². The first-order valence-electron chi connectivity index (χ1n) is 11.6. The second kappa shape index (κ2) is 10.6. The molecule has 0 saturated carbocycles. The van der Waals surface area contributed by atoms with Gasteiger partial charge in [0.05, 0.1) is 34.9 Å². The second-order valence-corrected chi connectivity index (χ2v) is 8.90. The summed E-state index contributed by atoms with van der Waals surface area (Å²) in [6, 6.07) is 1.56. The minimum absolute atomic E-state index is 0.104. The molecule has 0 radical (unpaired) electrons. The maximum absolute atomic E-state index is 13.6. The number of anilines is 1. The molecule has 0 saturated heterocycles. The first-order chi connectivity index (χ1) is 17.9. The van der Waals surface area contributed by atoms with Crippen LogP contribution in [-0.4, -0.2) is 29.8 Å². The number of hydrogen-bond donors (Lipinski definition) is 1. The van der Waals surface area contributed by atoms with Gasteiger partial charge in [0.25, 0.3) is 0 Å². The third-order valence-corrected chi connectivity index (χ3v) is 6.48. The molecule has 14 heteroatoms. The summed E-state index contributed by atoms with van der Waals surface area (Å²) in [6.07, 6.45) is -16.7. The minimum atomic E-state index is -5.28. The van der Waals surface area contributed by atoms with Gasteiger partial charge in [-0.25, -0.2) is 4.79 Å². The van der Waals surface area contributed by atoms with Gasteiger partial charge in [-0.15, -0.1) is 0 Å². The highest BCUT2D eigenvalue weighted by molar-refractivity contribution is 5.91. The molecular weight excluding hydrogens is 549 g/mol. The predicted octanol–water partition coefficient (Wildman–Crippen LogP) is 7.84. The van der Waals surface area contributed by atoms with Crippen LogP contribution < -0.4 is 4.90 Å². The van der Waals surface area contributed by atoms with Crippen molar-refractivity contribution in [3.05, 3.63) is 64.2 Å². The summed E-state index contributed by atoms with van der Waals surface area (Å²) < 4.78 is 127. The molecule has 0 aliphatic carbocycles. The quantitative estimate of drug-likeness (QED) is 0.372. The van der Waals surface area contributed by atoms with Crippen LogP contribution in [0.3, 0.4) is 0 Å². The Labute approximate surface area is 216 Å². The van der Waals surface area contributed by atoms with Crippen molar-refractivity contribution in [3.63, 3.8) is 0 Å². The molecule has 2 aromatic rings. The highest BCUT2D eigenvalue weighted by Crippen LogP contribution is 2.49. The fourth-order valence-corrected chi connectivity index (χ4v) is 4.78. The predicted molar refractivity (Wildman–Crippen MR) is 119 cm³/mol. The van der Waals surface area contributed by atoms with E-state index in [1.807, 2.05) is 0 Å². The zero-order chi connectivity index (χ0) is 29.5. The highest BCUT2D eigenvalue weighted by Gasteiger charge is 2.45. The van der Waals surface area contributed by atoms with E-state index in [1.165, 1.54) is 6.92 Å². The van der Waals surface area contributed by atoms with Gasteiger partial charge in [-0.2, -0.15) is 39.5 Å². The van der Waals surface area contributed by atoms with Crippen molar-refractivity contribution in [1.82, 2.24) is 0 Å². The summed E-state index contributed by atoms with van der Waals surface area (Å²) in [4.78, 5) is 26.2. The Morgan fingerprint density at radius 2 is 1.44 bits per heavy atom. The number of carboxylic acids is 1. The van der Waals surface area contributed by atoms with Crippen LogP contribution in [0.2, 0.25) is 0 Å². The van der Waals surface area contributed by atoms with Crippen LogP contribution in [0.25, 0.3) is 0 Å². The summed E-state index contributed by atoms with van der Waals surface area (Å²) in [5, 5.41) is 10.0. The van der Waals surface area contributed by atoms with Crippen molar-refractivity contribution in [1.29, 1.82) is 0 Å². The van der Waals surface area contributed by atoms with Crippen LogP contribution in [-0.2, 0) is 28.1 Å². The van der Waals surface area contributed by atoms with E-state index in [4.69, 9.17) is 4.74 Å². The van der Waals surface area contributed by atoms with Crippen molar-refractivity contribution < 1.29 is 58.9 Å². The number of carboxylic acid groups (broad SMARTS) is 1. The van der Waals surface area contributed by atoms with E-state index in [0.29, 0.717) is 12.1 Å². The number of alkyl halides is 9. The standard InChI is InChI=1S/C25H22F9NO4/c1-3-16-11-18(17-10-13(23(26,27)28)5-6-19(17)35(16)22(38)39-4-2)20(21(36)37)12-7-14(24(29,30)31)9-15(8-12)25(32,33)34/h5-10,16,18,20H,3-4,11H2,1-2H3,(H,36,37). The first-order valence-corrected chi connectivity index (χ1v) is 11.6. The van der Waals surface area contributed by atoms with Crippen molar-refractivity contribution in [2.45, 2.75) is 63.1 Å². The summed E-state index contributed by atoms with van der Waals surface area (Å²) in [5.41, 5.74) is -6.22. The third-order valence-electron chi connectivity index (χ3n) is 6.48. The van der Waals surface area contributed by atoms with E-state index in [0.717, 1.165) is 11.0 Å². The van der Waals surface area contributed by atoms with Crippen LogP contribution in [0, 0.1) is 0 Å². The van der Waals surface area contributed by atoms with Gasteiger partial charge in [0.2, 0.25) is 0 Å². The lowest BCUT2D eigenvalue weighted by atomic mass is 9.73. The number of rotatable bonds is 5. The van der Waals surface area contributed by atoms with Gasteiger partial charge in [0.1, 0.15) is 0 Å². The average molecular weight is 571 g/mol. The topological polar surface area (TPSA) is 66.8 Å². The molecule has 3 rings (SSSR count). The number of benzene rings is 2. The molecular formula is C25H22F9NO4. The molecule has 1 N–H and O–H groups in total. The van der Waals surface area contributed by atoms with Crippen LogP contribution in [0.15, 0.2) is 36.4 Å². The van der Waals surface area contributed by atoms with Crippen molar-refractivity contribution in [2.24, 2.45) is 0 Å². The van der Waals surface area contributed by atoms with Crippen LogP contribution in [0.5, 0.6) is 0 Å². The number of amides is 1. The summed E-state index contributed by atoms with van der Waals surface area (Å²) >= 11 is 0. The number of ether oxygens (including phenoxy) is 1. The Kier molecular flexibility index (Phi) is 8.19. The lowest BCUT2D eigenvalue weighted by molar-refractivity contribution is -0.144. The van der Waals surface area contributed by atoms with E-state index < -0.39 is 70.7 Å². The molecule has 1 aliphatic rings. The lowest BCUT2D eigenvalue weighted by Gasteiger charge is -2.42. The largest absolute Gasteiger partial charge is 0.481 e. The Bertz CT molecular complexity index is 1210.